The summed E-state index contributed by atoms with van der Waals surface area (Å²) in [6.07, 6.45) is 1.41. The smallest absolute Gasteiger partial charge is 0.323 e. The molecule has 3 rings (SSSR count). The van der Waals surface area contributed by atoms with Crippen LogP contribution in [0, 0.1) is 0 Å². The lowest BCUT2D eigenvalue weighted by molar-refractivity contribution is 0.601. The van der Waals surface area contributed by atoms with Crippen molar-refractivity contribution in [3.63, 3.8) is 0 Å². The Bertz CT molecular complexity index is 974. The van der Waals surface area contributed by atoms with E-state index in [1.165, 1.54) is 30.5 Å². The van der Waals surface area contributed by atoms with Crippen LogP contribution in [0.4, 0.5) is 11.5 Å². The van der Waals surface area contributed by atoms with Crippen molar-refractivity contribution in [3.05, 3.63) is 47.0 Å². The van der Waals surface area contributed by atoms with Crippen molar-refractivity contribution in [2.45, 2.75) is 4.90 Å². The Kier molecular flexibility index (Phi) is 2.91. The zero-order valence-electron chi connectivity index (χ0n) is 10.6. The van der Waals surface area contributed by atoms with Crippen LogP contribution in [0.3, 0.4) is 0 Å². The van der Waals surface area contributed by atoms with Crippen LogP contribution in [0.1, 0.15) is 0 Å². The third kappa shape index (κ3) is 2.46. The summed E-state index contributed by atoms with van der Waals surface area (Å²) in [6, 6.07) is 7.49. The van der Waals surface area contributed by atoms with Crippen LogP contribution in [0.2, 0.25) is 0 Å². The maximum atomic E-state index is 12.3. The lowest BCUT2D eigenvalue weighted by Crippen LogP contribution is -2.15. The van der Waals surface area contributed by atoms with Crippen molar-refractivity contribution < 1.29 is 8.42 Å². The SMILES string of the molecule is Nc1ncccc1S(=O)(=O)Nc1ccc2[nH]c(=O)[nH]c2c1. The molecular weight excluding hydrogens is 294 g/mol. The van der Waals surface area contributed by atoms with Crippen molar-refractivity contribution in [3.8, 4) is 0 Å². The molecule has 5 N–H and O–H groups in total. The minimum Gasteiger partial charge on any atom is -0.383 e. The fourth-order valence-electron chi connectivity index (χ4n) is 1.94. The second kappa shape index (κ2) is 4.63. The molecule has 8 nitrogen and oxygen atoms in total. The molecular formula is C12H11N5O3S. The number of nitrogens with two attached hydrogens (primary N) is 1. The molecule has 3 aromatic rings. The van der Waals surface area contributed by atoms with Gasteiger partial charge >= 0.3 is 5.69 Å². The Balaban J connectivity index is 2.01. The minimum absolute atomic E-state index is 0.0823. The number of sulfonamides is 1. The van der Waals surface area contributed by atoms with Gasteiger partial charge in [-0.2, -0.15) is 0 Å². The Morgan fingerprint density at radius 1 is 1.14 bits per heavy atom. The summed E-state index contributed by atoms with van der Waals surface area (Å²) in [6.45, 7) is 0. The van der Waals surface area contributed by atoms with Gasteiger partial charge in [-0.3, -0.25) is 4.72 Å². The molecule has 0 aliphatic heterocycles. The fraction of sp³-hybridized carbons (Fsp3) is 0. The summed E-state index contributed by atoms with van der Waals surface area (Å²) in [5, 5.41) is 0. The Morgan fingerprint density at radius 2 is 1.90 bits per heavy atom. The first-order chi connectivity index (χ1) is 9.95. The highest BCUT2D eigenvalue weighted by Gasteiger charge is 2.18. The van der Waals surface area contributed by atoms with Crippen molar-refractivity contribution in [1.29, 1.82) is 0 Å². The third-order valence-corrected chi connectivity index (χ3v) is 4.29. The van der Waals surface area contributed by atoms with Crippen LogP contribution < -0.4 is 16.1 Å². The van der Waals surface area contributed by atoms with Crippen LogP contribution in [-0.4, -0.2) is 23.4 Å². The van der Waals surface area contributed by atoms with E-state index in [4.69, 9.17) is 5.73 Å². The molecule has 0 amide bonds. The van der Waals surface area contributed by atoms with E-state index in [0.29, 0.717) is 16.7 Å². The normalized spacial score (nSPS) is 11.6. The van der Waals surface area contributed by atoms with E-state index in [1.807, 2.05) is 0 Å². The van der Waals surface area contributed by atoms with Crippen molar-refractivity contribution in [2.75, 3.05) is 10.5 Å². The number of nitrogen functional groups attached to an aromatic ring is 1. The van der Waals surface area contributed by atoms with Crippen LogP contribution in [0.15, 0.2) is 46.2 Å². The fourth-order valence-corrected chi connectivity index (χ4v) is 3.07. The number of anilines is 2. The Morgan fingerprint density at radius 3 is 2.67 bits per heavy atom. The molecule has 0 fully saturated rings. The van der Waals surface area contributed by atoms with Gasteiger partial charge in [0.25, 0.3) is 10.0 Å². The lowest BCUT2D eigenvalue weighted by Gasteiger charge is -2.09. The summed E-state index contributed by atoms with van der Waals surface area (Å²) in [7, 11) is -3.85. The van der Waals surface area contributed by atoms with E-state index in [1.54, 1.807) is 6.07 Å². The number of aromatic nitrogens is 3. The third-order valence-electron chi connectivity index (χ3n) is 2.86. The zero-order chi connectivity index (χ0) is 15.0. The highest BCUT2D eigenvalue weighted by atomic mass is 32.2. The monoisotopic (exact) mass is 305 g/mol. The molecule has 0 aliphatic carbocycles. The maximum absolute atomic E-state index is 12.3. The van der Waals surface area contributed by atoms with Crippen molar-refractivity contribution >= 4 is 32.6 Å². The van der Waals surface area contributed by atoms with E-state index in [0.717, 1.165) is 0 Å². The van der Waals surface area contributed by atoms with Crippen LogP contribution >= 0.6 is 0 Å². The zero-order valence-corrected chi connectivity index (χ0v) is 11.4. The molecule has 2 heterocycles. The first-order valence-electron chi connectivity index (χ1n) is 5.91. The summed E-state index contributed by atoms with van der Waals surface area (Å²) in [4.78, 5) is 19.9. The van der Waals surface area contributed by atoms with Gasteiger partial charge < -0.3 is 15.7 Å². The highest BCUT2D eigenvalue weighted by molar-refractivity contribution is 7.92. The standard InChI is InChI=1S/C12H11N5O3S/c13-11-10(2-1-5-14-11)21(19,20)17-7-3-4-8-9(6-7)16-12(18)15-8/h1-6,17H,(H2,13,14)(H2,15,16,18). The van der Waals surface area contributed by atoms with E-state index in [9.17, 15) is 13.2 Å². The molecule has 0 saturated carbocycles. The van der Waals surface area contributed by atoms with Crippen LogP contribution in [-0.2, 0) is 10.0 Å². The van der Waals surface area contributed by atoms with E-state index in [-0.39, 0.29) is 16.4 Å². The van der Waals surface area contributed by atoms with Gasteiger partial charge in [0, 0.05) is 6.20 Å². The van der Waals surface area contributed by atoms with Crippen molar-refractivity contribution in [1.82, 2.24) is 15.0 Å². The first kappa shape index (κ1) is 13.2. The number of fused-ring (bicyclic) bond motifs is 1. The molecule has 0 saturated heterocycles. The minimum atomic E-state index is -3.85. The van der Waals surface area contributed by atoms with Gasteiger partial charge in [0.1, 0.15) is 10.7 Å². The van der Waals surface area contributed by atoms with Gasteiger partial charge in [-0.1, -0.05) is 0 Å². The molecule has 0 atom stereocenters. The molecule has 0 aliphatic rings. The second-order valence-electron chi connectivity index (χ2n) is 4.33. The number of rotatable bonds is 3. The maximum Gasteiger partial charge on any atom is 0.323 e. The largest absolute Gasteiger partial charge is 0.383 e. The molecule has 0 unspecified atom stereocenters. The van der Waals surface area contributed by atoms with E-state index < -0.39 is 10.0 Å². The van der Waals surface area contributed by atoms with Gasteiger partial charge in [0.15, 0.2) is 0 Å². The number of aromatic amines is 2. The van der Waals surface area contributed by atoms with E-state index in [2.05, 4.69) is 19.7 Å². The number of benzene rings is 1. The quantitative estimate of drug-likeness (QED) is 0.563. The molecule has 2 aromatic heterocycles. The molecule has 21 heavy (non-hydrogen) atoms. The summed E-state index contributed by atoms with van der Waals surface area (Å²) in [5.74, 6) is -0.0823. The lowest BCUT2D eigenvalue weighted by atomic mass is 10.3. The summed E-state index contributed by atoms with van der Waals surface area (Å²) >= 11 is 0. The predicted octanol–water partition coefficient (Wildman–Crippen LogP) is 0.634. The molecule has 9 heteroatoms. The Labute approximate surface area is 119 Å². The topological polar surface area (TPSA) is 134 Å². The van der Waals surface area contributed by atoms with Gasteiger partial charge in [0.2, 0.25) is 0 Å². The second-order valence-corrected chi connectivity index (χ2v) is 5.98. The number of nitrogens with one attached hydrogen (secondary N) is 3. The van der Waals surface area contributed by atoms with Gasteiger partial charge in [-0.05, 0) is 30.3 Å². The van der Waals surface area contributed by atoms with Crippen LogP contribution in [0.5, 0.6) is 0 Å². The average molecular weight is 305 g/mol. The molecule has 0 radical (unpaired) electrons. The van der Waals surface area contributed by atoms with Crippen molar-refractivity contribution in [2.24, 2.45) is 0 Å². The van der Waals surface area contributed by atoms with Gasteiger partial charge in [0.05, 0.1) is 16.7 Å². The number of nitrogens with zero attached hydrogens (tertiary/aromatic N) is 1. The summed E-state index contributed by atoms with van der Waals surface area (Å²) < 4.78 is 26.9. The molecule has 0 spiro atoms. The highest BCUT2D eigenvalue weighted by Crippen LogP contribution is 2.21. The van der Waals surface area contributed by atoms with Crippen LogP contribution in [0.25, 0.3) is 11.0 Å². The van der Waals surface area contributed by atoms with Gasteiger partial charge in [-0.25, -0.2) is 18.2 Å². The predicted molar refractivity (Wildman–Crippen MR) is 78.4 cm³/mol. The Hall–Kier alpha value is -2.81. The van der Waals surface area contributed by atoms with E-state index >= 15 is 0 Å². The number of hydrogen-bond acceptors (Lipinski definition) is 5. The number of pyridine rings is 1. The molecule has 1 aromatic carbocycles. The first-order valence-corrected chi connectivity index (χ1v) is 7.39. The number of imidazole rings is 1. The summed E-state index contributed by atoms with van der Waals surface area (Å²) in [5.41, 5.74) is 6.60. The number of hydrogen-bond donors (Lipinski definition) is 4. The molecule has 108 valence electrons. The molecule has 0 bridgehead atoms. The number of H-pyrrole nitrogens is 2. The average Bonchev–Trinajstić information content (AvgIpc) is 2.78. The van der Waals surface area contributed by atoms with Gasteiger partial charge in [-0.15, -0.1) is 0 Å².